The van der Waals surface area contributed by atoms with Crippen LogP contribution in [-0.4, -0.2) is 61.7 Å². The average Bonchev–Trinajstić information content (AvgIpc) is 3.06. The number of nitrogens with one attached hydrogen (secondary N) is 2. The molecule has 0 bridgehead atoms. The van der Waals surface area contributed by atoms with Gasteiger partial charge in [-0.1, -0.05) is 11.6 Å². The van der Waals surface area contributed by atoms with Gasteiger partial charge in [0.2, 0.25) is 5.91 Å². The lowest BCUT2D eigenvalue weighted by molar-refractivity contribution is -0.137. The Morgan fingerprint density at radius 3 is 2.93 bits per heavy atom. The fraction of sp³-hybridized carbons (Fsp3) is 0.647. The molecule has 10 heteroatoms. The number of ether oxygens (including phenoxy) is 1. The first-order chi connectivity index (χ1) is 12.8. The van der Waals surface area contributed by atoms with E-state index in [2.05, 4.69) is 20.5 Å². The van der Waals surface area contributed by atoms with Crippen molar-refractivity contribution in [2.24, 2.45) is 0 Å². The van der Waals surface area contributed by atoms with E-state index >= 15 is 0 Å². The van der Waals surface area contributed by atoms with Gasteiger partial charge in [0, 0.05) is 45.4 Å². The van der Waals surface area contributed by atoms with Gasteiger partial charge >= 0.3 is 6.18 Å². The molecule has 0 aliphatic carbocycles. The van der Waals surface area contributed by atoms with E-state index in [0.29, 0.717) is 25.4 Å². The summed E-state index contributed by atoms with van der Waals surface area (Å²) >= 11 is 5.81. The quantitative estimate of drug-likeness (QED) is 0.657. The smallest absolute Gasteiger partial charge is 0.383 e. The molecule has 152 valence electrons. The van der Waals surface area contributed by atoms with Gasteiger partial charge in [0.25, 0.3) is 0 Å². The summed E-state index contributed by atoms with van der Waals surface area (Å²) in [6.45, 7) is 3.30. The first kappa shape index (κ1) is 21.7. The van der Waals surface area contributed by atoms with Gasteiger partial charge in [-0.2, -0.15) is 13.2 Å². The van der Waals surface area contributed by atoms with Gasteiger partial charge in [0.05, 0.1) is 17.2 Å². The Hall–Kier alpha value is -1.58. The lowest BCUT2D eigenvalue weighted by atomic mass is 10.2. The summed E-state index contributed by atoms with van der Waals surface area (Å²) in [5.74, 6) is -0.0110. The molecule has 0 aromatic carbocycles. The number of amides is 1. The average molecular weight is 409 g/mol. The highest BCUT2D eigenvalue weighted by Crippen LogP contribution is 2.32. The molecule has 1 amide bonds. The zero-order valence-electron chi connectivity index (χ0n) is 15.1. The molecule has 2 N–H and O–H groups in total. The van der Waals surface area contributed by atoms with Crippen LogP contribution in [0.25, 0.3) is 0 Å². The van der Waals surface area contributed by atoms with Crippen LogP contribution in [0, 0.1) is 0 Å². The van der Waals surface area contributed by atoms with Gasteiger partial charge in [0.15, 0.2) is 0 Å². The largest absolute Gasteiger partial charge is 0.417 e. The van der Waals surface area contributed by atoms with E-state index in [0.717, 1.165) is 32.0 Å². The van der Waals surface area contributed by atoms with Crippen LogP contribution in [-0.2, 0) is 15.7 Å². The molecule has 1 aromatic rings. The summed E-state index contributed by atoms with van der Waals surface area (Å²) in [6, 6.07) is 1.12. The number of methoxy groups -OCH3 is 1. The molecular formula is C17H24ClF3N4O2. The molecule has 1 aliphatic heterocycles. The molecule has 1 fully saturated rings. The Balaban J connectivity index is 1.72. The van der Waals surface area contributed by atoms with E-state index in [1.165, 1.54) is 0 Å². The summed E-state index contributed by atoms with van der Waals surface area (Å²) < 4.78 is 42.8. The fourth-order valence-corrected chi connectivity index (χ4v) is 3.20. The summed E-state index contributed by atoms with van der Waals surface area (Å²) in [6.07, 6.45) is -1.48. The maximum Gasteiger partial charge on any atom is 0.417 e. The molecular weight excluding hydrogens is 385 g/mol. The zero-order chi connectivity index (χ0) is 19.9. The molecule has 1 unspecified atom stereocenters. The molecule has 1 atom stereocenters. The van der Waals surface area contributed by atoms with E-state index < -0.39 is 11.7 Å². The van der Waals surface area contributed by atoms with E-state index in [4.69, 9.17) is 16.3 Å². The predicted octanol–water partition coefficient (Wildman–Crippen LogP) is 2.78. The first-order valence-corrected chi connectivity index (χ1v) is 9.15. The fourth-order valence-electron chi connectivity index (χ4n) is 2.97. The van der Waals surface area contributed by atoms with Crippen LogP contribution in [0.5, 0.6) is 0 Å². The number of anilines is 1. The number of aromatic nitrogens is 1. The Morgan fingerprint density at radius 2 is 2.26 bits per heavy atom. The van der Waals surface area contributed by atoms with Crippen molar-refractivity contribution in [2.45, 2.75) is 31.5 Å². The molecule has 1 aliphatic rings. The molecule has 6 nitrogen and oxygen atoms in total. The second-order valence-corrected chi connectivity index (χ2v) is 6.77. The number of alkyl halides is 3. The number of hydrogen-bond acceptors (Lipinski definition) is 5. The van der Waals surface area contributed by atoms with Gasteiger partial charge in [-0.05, 0) is 25.5 Å². The molecule has 2 rings (SSSR count). The molecule has 1 saturated heterocycles. The van der Waals surface area contributed by atoms with Crippen LogP contribution in [0.2, 0.25) is 5.02 Å². The van der Waals surface area contributed by atoms with Crippen LogP contribution in [0.15, 0.2) is 12.3 Å². The maximum absolute atomic E-state index is 12.6. The molecule has 1 aromatic heterocycles. The Labute approximate surface area is 161 Å². The van der Waals surface area contributed by atoms with Gasteiger partial charge in [-0.15, -0.1) is 0 Å². The van der Waals surface area contributed by atoms with E-state index in [1.54, 1.807) is 7.11 Å². The molecule has 0 radical (unpaired) electrons. The number of pyridine rings is 1. The third-order valence-electron chi connectivity index (χ3n) is 4.43. The van der Waals surface area contributed by atoms with Crippen LogP contribution < -0.4 is 10.6 Å². The van der Waals surface area contributed by atoms with Crippen molar-refractivity contribution in [3.05, 3.63) is 22.8 Å². The van der Waals surface area contributed by atoms with Crippen molar-refractivity contribution in [2.75, 3.05) is 45.2 Å². The van der Waals surface area contributed by atoms with Crippen molar-refractivity contribution in [1.29, 1.82) is 0 Å². The third kappa shape index (κ3) is 6.82. The van der Waals surface area contributed by atoms with E-state index in [9.17, 15) is 18.0 Å². The van der Waals surface area contributed by atoms with Gasteiger partial charge in [0.1, 0.15) is 5.82 Å². The summed E-state index contributed by atoms with van der Waals surface area (Å²) in [5.41, 5.74) is -0.912. The van der Waals surface area contributed by atoms with Crippen LogP contribution in [0.1, 0.15) is 24.8 Å². The summed E-state index contributed by atoms with van der Waals surface area (Å²) in [4.78, 5) is 18.0. The minimum Gasteiger partial charge on any atom is -0.383 e. The Bertz CT molecular complexity index is 631. The SMILES string of the molecule is COCCN1CCCC1CNC(=O)CCNc1ncc(C(F)(F)F)cc1Cl. The second kappa shape index (κ2) is 10.1. The van der Waals surface area contributed by atoms with Gasteiger partial charge in [-0.3, -0.25) is 9.69 Å². The molecule has 27 heavy (non-hydrogen) atoms. The van der Waals surface area contributed by atoms with Crippen LogP contribution >= 0.6 is 11.6 Å². The third-order valence-corrected chi connectivity index (χ3v) is 4.72. The van der Waals surface area contributed by atoms with Gasteiger partial charge < -0.3 is 15.4 Å². The van der Waals surface area contributed by atoms with Crippen molar-refractivity contribution in [3.63, 3.8) is 0 Å². The zero-order valence-corrected chi connectivity index (χ0v) is 15.9. The number of halogens is 4. The monoisotopic (exact) mass is 408 g/mol. The lowest BCUT2D eigenvalue weighted by Gasteiger charge is -2.24. The predicted molar refractivity (Wildman–Crippen MR) is 96.8 cm³/mol. The van der Waals surface area contributed by atoms with Crippen molar-refractivity contribution < 1.29 is 22.7 Å². The normalized spacial score (nSPS) is 17.9. The van der Waals surface area contributed by atoms with E-state index in [-0.39, 0.29) is 29.7 Å². The standard InChI is InChI=1S/C17H24ClF3N4O2/c1-27-8-7-25-6-2-3-13(25)11-23-15(26)4-5-22-16-14(18)9-12(10-24-16)17(19,20)21/h9-10,13H,2-8,11H2,1H3,(H,22,24)(H,23,26). The van der Waals surface area contributed by atoms with E-state index in [1.807, 2.05) is 0 Å². The highest BCUT2D eigenvalue weighted by Gasteiger charge is 2.31. The Morgan fingerprint density at radius 1 is 1.48 bits per heavy atom. The van der Waals surface area contributed by atoms with Crippen molar-refractivity contribution >= 4 is 23.3 Å². The van der Waals surface area contributed by atoms with Crippen molar-refractivity contribution in [3.8, 4) is 0 Å². The summed E-state index contributed by atoms with van der Waals surface area (Å²) in [5, 5.41) is 5.55. The number of carbonyl (C=O) groups excluding carboxylic acids is 1. The minimum absolute atomic E-state index is 0.124. The summed E-state index contributed by atoms with van der Waals surface area (Å²) in [7, 11) is 1.66. The number of likely N-dealkylation sites (tertiary alicyclic amines) is 1. The molecule has 2 heterocycles. The highest BCUT2D eigenvalue weighted by atomic mass is 35.5. The number of hydrogen-bond donors (Lipinski definition) is 2. The van der Waals surface area contributed by atoms with Crippen LogP contribution in [0.4, 0.5) is 19.0 Å². The first-order valence-electron chi connectivity index (χ1n) is 8.77. The maximum atomic E-state index is 12.6. The van der Waals surface area contributed by atoms with Gasteiger partial charge in [-0.25, -0.2) is 4.98 Å². The second-order valence-electron chi connectivity index (χ2n) is 6.36. The number of nitrogens with zero attached hydrogens (tertiary/aromatic N) is 2. The molecule has 0 saturated carbocycles. The van der Waals surface area contributed by atoms with Crippen LogP contribution in [0.3, 0.4) is 0 Å². The number of carbonyl (C=O) groups is 1. The number of rotatable bonds is 9. The highest BCUT2D eigenvalue weighted by molar-refractivity contribution is 6.32. The topological polar surface area (TPSA) is 66.5 Å². The Kier molecular flexibility index (Phi) is 8.12. The molecule has 0 spiro atoms. The lowest BCUT2D eigenvalue weighted by Crippen LogP contribution is -2.41. The van der Waals surface area contributed by atoms with Crippen molar-refractivity contribution in [1.82, 2.24) is 15.2 Å². The minimum atomic E-state index is -4.49.